The summed E-state index contributed by atoms with van der Waals surface area (Å²) < 4.78 is 5.28. The first-order valence-corrected chi connectivity index (χ1v) is 7.07. The Balaban J connectivity index is 1.94. The van der Waals surface area contributed by atoms with Crippen molar-refractivity contribution < 1.29 is 4.74 Å². The van der Waals surface area contributed by atoms with Gasteiger partial charge in [-0.2, -0.15) is 5.26 Å². The van der Waals surface area contributed by atoms with E-state index in [9.17, 15) is 5.26 Å². The molecule has 0 spiro atoms. The zero-order valence-electron chi connectivity index (χ0n) is 11.4. The van der Waals surface area contributed by atoms with E-state index in [1.807, 2.05) is 7.05 Å². The molecule has 3 nitrogen and oxygen atoms in total. The first kappa shape index (κ1) is 12.7. The third-order valence-electron chi connectivity index (χ3n) is 4.49. The first-order valence-electron chi connectivity index (χ1n) is 7.07. The van der Waals surface area contributed by atoms with Crippen molar-refractivity contribution in [2.24, 2.45) is 5.41 Å². The van der Waals surface area contributed by atoms with E-state index in [4.69, 9.17) is 4.74 Å². The zero-order valence-corrected chi connectivity index (χ0v) is 11.4. The van der Waals surface area contributed by atoms with Gasteiger partial charge in [0.15, 0.2) is 0 Å². The highest BCUT2D eigenvalue weighted by molar-refractivity contribution is 5.37. The highest BCUT2D eigenvalue weighted by atomic mass is 16.5. The molecular formula is C16H20N2O. The number of aryl methyl sites for hydroxylation is 2. The van der Waals surface area contributed by atoms with Gasteiger partial charge in [0, 0.05) is 0 Å². The number of ether oxygens (including phenoxy) is 1. The number of hydrogen-bond donors (Lipinski definition) is 1. The summed E-state index contributed by atoms with van der Waals surface area (Å²) in [6.07, 6.45) is 4.97. The van der Waals surface area contributed by atoms with Crippen molar-refractivity contribution in [2.75, 3.05) is 20.3 Å². The van der Waals surface area contributed by atoms with E-state index in [2.05, 4.69) is 29.6 Å². The molecule has 19 heavy (non-hydrogen) atoms. The second-order valence-electron chi connectivity index (χ2n) is 5.72. The van der Waals surface area contributed by atoms with Crippen molar-refractivity contribution in [2.45, 2.75) is 31.7 Å². The lowest BCUT2D eigenvalue weighted by Gasteiger charge is -2.41. The van der Waals surface area contributed by atoms with Crippen LogP contribution in [0.1, 0.15) is 35.6 Å². The van der Waals surface area contributed by atoms with E-state index >= 15 is 0 Å². The summed E-state index contributed by atoms with van der Waals surface area (Å²) in [5.41, 5.74) is 3.79. The maximum Gasteiger partial charge on any atom is 0.123 e. The highest BCUT2D eigenvalue weighted by Crippen LogP contribution is 2.40. The Labute approximate surface area is 114 Å². The second-order valence-corrected chi connectivity index (χ2v) is 5.72. The molecule has 0 saturated carbocycles. The fourth-order valence-corrected chi connectivity index (χ4v) is 3.31. The number of nitriles is 1. The third kappa shape index (κ3) is 2.05. The van der Waals surface area contributed by atoms with Gasteiger partial charge in [0.25, 0.3) is 0 Å². The minimum absolute atomic E-state index is 0.0680. The van der Waals surface area contributed by atoms with Gasteiger partial charge in [-0.25, -0.2) is 0 Å². The molecule has 1 aliphatic carbocycles. The molecule has 1 heterocycles. The fraction of sp³-hybridized carbons (Fsp3) is 0.562. The summed E-state index contributed by atoms with van der Waals surface area (Å²) in [7, 11) is 1.93. The largest absolute Gasteiger partial charge is 0.378 e. The molecule has 3 rings (SSSR count). The SMILES string of the molecule is CNC(c1ccc2c(c1)CCCC2)C1(C#N)COC1. The lowest BCUT2D eigenvalue weighted by atomic mass is 9.75. The molecule has 1 fully saturated rings. The van der Waals surface area contributed by atoms with Crippen LogP contribution in [-0.4, -0.2) is 20.3 Å². The van der Waals surface area contributed by atoms with Crippen molar-refractivity contribution in [3.05, 3.63) is 34.9 Å². The summed E-state index contributed by atoms with van der Waals surface area (Å²) in [5.74, 6) is 0. The quantitative estimate of drug-likeness (QED) is 0.903. The predicted molar refractivity (Wildman–Crippen MR) is 73.7 cm³/mol. The fourth-order valence-electron chi connectivity index (χ4n) is 3.31. The minimum atomic E-state index is -0.391. The van der Waals surface area contributed by atoms with Crippen molar-refractivity contribution in [1.82, 2.24) is 5.32 Å². The van der Waals surface area contributed by atoms with E-state index in [0.29, 0.717) is 13.2 Å². The molecule has 1 aromatic carbocycles. The number of nitrogens with zero attached hydrogens (tertiary/aromatic N) is 1. The Morgan fingerprint density at radius 1 is 1.26 bits per heavy atom. The van der Waals surface area contributed by atoms with Crippen LogP contribution in [-0.2, 0) is 17.6 Å². The molecule has 2 aliphatic rings. The van der Waals surface area contributed by atoms with Crippen LogP contribution in [0, 0.1) is 16.7 Å². The molecule has 3 heteroatoms. The molecule has 1 unspecified atom stereocenters. The number of benzene rings is 1. The van der Waals surface area contributed by atoms with Crippen molar-refractivity contribution in [3.8, 4) is 6.07 Å². The Morgan fingerprint density at radius 2 is 2.00 bits per heavy atom. The maximum atomic E-state index is 9.47. The third-order valence-corrected chi connectivity index (χ3v) is 4.49. The Bertz CT molecular complexity index is 514. The summed E-state index contributed by atoms with van der Waals surface area (Å²) >= 11 is 0. The Kier molecular flexibility index (Phi) is 3.30. The molecule has 1 N–H and O–H groups in total. The van der Waals surface area contributed by atoms with E-state index in [1.54, 1.807) is 0 Å². The predicted octanol–water partition coefficient (Wildman–Crippen LogP) is 2.37. The highest BCUT2D eigenvalue weighted by Gasteiger charge is 2.46. The molecule has 100 valence electrons. The van der Waals surface area contributed by atoms with Gasteiger partial charge < -0.3 is 10.1 Å². The zero-order chi connectivity index (χ0) is 13.3. The monoisotopic (exact) mass is 256 g/mol. The summed E-state index contributed by atoms with van der Waals surface area (Å²) in [5, 5.41) is 12.8. The maximum absolute atomic E-state index is 9.47. The van der Waals surface area contributed by atoms with Crippen molar-refractivity contribution >= 4 is 0 Å². The van der Waals surface area contributed by atoms with Crippen LogP contribution in [0.25, 0.3) is 0 Å². The molecule has 1 aromatic rings. The summed E-state index contributed by atoms with van der Waals surface area (Å²) in [4.78, 5) is 0. The van der Waals surface area contributed by atoms with Gasteiger partial charge in [-0.05, 0) is 49.4 Å². The average Bonchev–Trinajstić information content (AvgIpc) is 2.42. The normalized spacial score (nSPS) is 21.9. The lowest BCUT2D eigenvalue weighted by Crippen LogP contribution is -2.50. The number of nitrogens with one attached hydrogen (secondary N) is 1. The number of fused-ring (bicyclic) bond motifs is 1. The van der Waals surface area contributed by atoms with Crippen LogP contribution in [0.3, 0.4) is 0 Å². The van der Waals surface area contributed by atoms with Crippen LogP contribution in [0.2, 0.25) is 0 Å². The second kappa shape index (κ2) is 4.96. The summed E-state index contributed by atoms with van der Waals surface area (Å²) in [6.45, 7) is 1.07. The van der Waals surface area contributed by atoms with Crippen molar-refractivity contribution in [3.63, 3.8) is 0 Å². The van der Waals surface area contributed by atoms with Gasteiger partial charge in [-0.3, -0.25) is 0 Å². The molecule has 0 amide bonds. The lowest BCUT2D eigenvalue weighted by molar-refractivity contribution is -0.0963. The van der Waals surface area contributed by atoms with Crippen LogP contribution >= 0.6 is 0 Å². The molecule has 0 bridgehead atoms. The minimum Gasteiger partial charge on any atom is -0.378 e. The van der Waals surface area contributed by atoms with Crippen LogP contribution in [0.4, 0.5) is 0 Å². The molecule has 1 saturated heterocycles. The van der Waals surface area contributed by atoms with Crippen LogP contribution < -0.4 is 5.32 Å². The van der Waals surface area contributed by atoms with Gasteiger partial charge in [-0.15, -0.1) is 0 Å². The van der Waals surface area contributed by atoms with Gasteiger partial charge in [0.2, 0.25) is 0 Å². The van der Waals surface area contributed by atoms with E-state index in [1.165, 1.54) is 42.4 Å². The topological polar surface area (TPSA) is 45.0 Å². The first-order chi connectivity index (χ1) is 9.29. The Morgan fingerprint density at radius 3 is 2.58 bits per heavy atom. The summed E-state index contributed by atoms with van der Waals surface area (Å²) in [6, 6.07) is 9.26. The van der Waals surface area contributed by atoms with E-state index in [-0.39, 0.29) is 6.04 Å². The molecule has 1 atom stereocenters. The van der Waals surface area contributed by atoms with Crippen LogP contribution in [0.15, 0.2) is 18.2 Å². The van der Waals surface area contributed by atoms with E-state index < -0.39 is 5.41 Å². The molecule has 0 aromatic heterocycles. The van der Waals surface area contributed by atoms with Crippen molar-refractivity contribution in [1.29, 1.82) is 5.26 Å². The average molecular weight is 256 g/mol. The van der Waals surface area contributed by atoms with Crippen LogP contribution in [0.5, 0.6) is 0 Å². The smallest absolute Gasteiger partial charge is 0.123 e. The number of hydrogen-bond acceptors (Lipinski definition) is 3. The van der Waals surface area contributed by atoms with Gasteiger partial charge in [0.1, 0.15) is 5.41 Å². The van der Waals surface area contributed by atoms with Gasteiger partial charge in [0.05, 0.1) is 25.3 Å². The number of rotatable bonds is 3. The van der Waals surface area contributed by atoms with Gasteiger partial charge >= 0.3 is 0 Å². The molecule has 1 aliphatic heterocycles. The van der Waals surface area contributed by atoms with Gasteiger partial charge in [-0.1, -0.05) is 18.2 Å². The Hall–Kier alpha value is -1.37. The molecule has 0 radical (unpaired) electrons. The standard InChI is InChI=1S/C16H20N2O/c1-18-15(16(9-17)10-19-11-16)14-7-6-12-4-2-3-5-13(12)8-14/h6-8,15,18H,2-5,10-11H2,1H3. The molecular weight excluding hydrogens is 236 g/mol. The van der Waals surface area contributed by atoms with E-state index in [0.717, 1.165) is 0 Å².